The van der Waals surface area contributed by atoms with Crippen molar-refractivity contribution in [2.75, 3.05) is 0 Å². The summed E-state index contributed by atoms with van der Waals surface area (Å²) in [5.41, 5.74) is 0. The van der Waals surface area contributed by atoms with Gasteiger partial charge in [-0.2, -0.15) is 0 Å². The van der Waals surface area contributed by atoms with E-state index in [1.54, 1.807) is 0 Å². The maximum atomic E-state index is 9.54. The zero-order valence-electron chi connectivity index (χ0n) is 7.27. The Kier molecular flexibility index (Phi) is 8.25. The summed E-state index contributed by atoms with van der Waals surface area (Å²) >= 11 is -1.75. The maximum absolute atomic E-state index is 9.54. The van der Waals surface area contributed by atoms with Crippen LogP contribution in [0.1, 0.15) is 0 Å². The van der Waals surface area contributed by atoms with Gasteiger partial charge >= 0.3 is 43.8 Å². The minimum Gasteiger partial charge on any atom is -0.106 e. The van der Waals surface area contributed by atoms with E-state index < -0.39 is 13.9 Å². The zero-order chi connectivity index (χ0) is 10.8. The molecule has 0 N–H and O–H groups in total. The molecule has 1 aromatic carbocycles. The van der Waals surface area contributed by atoms with Crippen molar-refractivity contribution in [1.82, 2.24) is 0 Å². The summed E-state index contributed by atoms with van der Waals surface area (Å²) in [6.07, 6.45) is 0. The van der Waals surface area contributed by atoms with Crippen LogP contribution >= 0.6 is 9.24 Å². The molecule has 0 fully saturated rings. The van der Waals surface area contributed by atoms with Crippen LogP contribution in [-0.4, -0.2) is 15.6 Å². The van der Waals surface area contributed by atoms with Crippen LogP contribution in [0.3, 0.4) is 0 Å². The van der Waals surface area contributed by atoms with Crippen molar-refractivity contribution in [1.29, 1.82) is 0 Å². The fourth-order valence-corrected chi connectivity index (χ4v) is 0.918. The van der Waals surface area contributed by atoms with Gasteiger partial charge in [-0.3, -0.25) is 0 Å². The number of rotatable bonds is 3. The fourth-order valence-electron chi connectivity index (χ4n) is 0.512. The van der Waals surface area contributed by atoms with Crippen molar-refractivity contribution in [3.8, 4) is 0 Å². The molecule has 0 bridgehead atoms. The molecule has 1 aromatic rings. The molecule has 0 saturated heterocycles. The zero-order valence-corrected chi connectivity index (χ0v) is 9.53. The first-order valence-corrected chi connectivity index (χ1v) is 6.01. The summed E-state index contributed by atoms with van der Waals surface area (Å²) < 4.78 is 0. The molecule has 0 aromatic heterocycles. The van der Waals surface area contributed by atoms with Crippen molar-refractivity contribution in [2.45, 2.75) is 0 Å². The van der Waals surface area contributed by atoms with E-state index in [0.717, 1.165) is 0 Å². The van der Waals surface area contributed by atoms with Gasteiger partial charge in [0.1, 0.15) is 0 Å². The minimum atomic E-state index is -1.75. The monoisotopic (exact) mass is 253 g/mol. The summed E-state index contributed by atoms with van der Waals surface area (Å²) in [4.78, 5) is 28.6. The van der Waals surface area contributed by atoms with Crippen LogP contribution in [0.2, 0.25) is 0 Å². The average Bonchev–Trinajstić information content (AvgIpc) is 2.22. The van der Waals surface area contributed by atoms with Crippen LogP contribution in [0.5, 0.6) is 0 Å². The molecule has 0 spiro atoms. The molecule has 14 heavy (non-hydrogen) atoms. The quantitative estimate of drug-likeness (QED) is 0.444. The van der Waals surface area contributed by atoms with E-state index in [0.29, 0.717) is 15.6 Å². The summed E-state index contributed by atoms with van der Waals surface area (Å²) in [7, 11) is 2.63. The molecule has 0 aliphatic heterocycles. The van der Waals surface area contributed by atoms with Gasteiger partial charge in [-0.15, -0.1) is 9.24 Å². The Hall–Kier alpha value is -0.821. The SMILES string of the molecule is O=[CH][Fe]([CH]=O)[CH]=O.Pc1ccccc1. The van der Waals surface area contributed by atoms with Crippen molar-refractivity contribution < 1.29 is 28.3 Å². The first kappa shape index (κ1) is 13.2. The van der Waals surface area contributed by atoms with E-state index in [-0.39, 0.29) is 0 Å². The van der Waals surface area contributed by atoms with Crippen LogP contribution in [0.15, 0.2) is 30.3 Å². The molecule has 1 atom stereocenters. The van der Waals surface area contributed by atoms with E-state index in [1.807, 2.05) is 30.3 Å². The van der Waals surface area contributed by atoms with Crippen LogP contribution in [0, 0.1) is 0 Å². The van der Waals surface area contributed by atoms with Gasteiger partial charge in [-0.05, 0) is 5.30 Å². The Morgan fingerprint density at radius 2 is 1.36 bits per heavy atom. The third-order valence-corrected chi connectivity index (χ3v) is 2.37. The number of hydrogen-bond acceptors (Lipinski definition) is 3. The largest absolute Gasteiger partial charge is 0.106 e. The van der Waals surface area contributed by atoms with Crippen LogP contribution in [0.25, 0.3) is 0 Å². The average molecular weight is 253 g/mol. The molecule has 0 aliphatic carbocycles. The molecule has 1 rings (SSSR count). The number of carbonyl (C=O) groups is 3. The molecule has 77 valence electrons. The van der Waals surface area contributed by atoms with Crippen molar-refractivity contribution in [3.05, 3.63) is 30.3 Å². The second kappa shape index (κ2) is 8.76. The normalized spacial score (nSPS) is 9.07. The van der Waals surface area contributed by atoms with E-state index in [4.69, 9.17) is 0 Å². The number of benzene rings is 1. The van der Waals surface area contributed by atoms with Gasteiger partial charge in [-0.25, -0.2) is 0 Å². The molecular weight excluding hydrogens is 243 g/mol. The minimum absolute atomic E-state index is 0.375. The molecule has 0 amide bonds. The molecule has 0 saturated carbocycles. The summed E-state index contributed by atoms with van der Waals surface area (Å²) in [5.74, 6) is 0. The second-order valence-electron chi connectivity index (χ2n) is 2.01. The third kappa shape index (κ3) is 6.67. The van der Waals surface area contributed by atoms with E-state index in [1.165, 1.54) is 5.30 Å². The van der Waals surface area contributed by atoms with Gasteiger partial charge in [-0.1, -0.05) is 30.3 Å². The standard InChI is InChI=1S/C6H7P.3CHO.Fe/c7-6-4-2-1-3-5-6;3*1-2;/h1-5H,7H2;3*1H;. The summed E-state index contributed by atoms with van der Waals surface area (Å²) in [6.45, 7) is 0. The fraction of sp³-hybridized carbons (Fsp3) is 0. The Morgan fingerprint density at radius 1 is 0.929 bits per heavy atom. The summed E-state index contributed by atoms with van der Waals surface area (Å²) in [6, 6.07) is 10.1. The third-order valence-electron chi connectivity index (χ3n) is 1.09. The van der Waals surface area contributed by atoms with Gasteiger partial charge < -0.3 is 0 Å². The number of hydrogen-bond donors (Lipinski definition) is 0. The second-order valence-corrected chi connectivity index (χ2v) is 4.57. The molecule has 5 heteroatoms. The van der Waals surface area contributed by atoms with Gasteiger partial charge in [0.15, 0.2) is 0 Å². The smallest absolute Gasteiger partial charge is 0.0303 e. The van der Waals surface area contributed by atoms with E-state index >= 15 is 0 Å². The van der Waals surface area contributed by atoms with Crippen molar-refractivity contribution >= 4 is 30.1 Å². The molecule has 0 heterocycles. The molecule has 0 aliphatic rings. The predicted molar refractivity (Wildman–Crippen MR) is 56.0 cm³/mol. The van der Waals surface area contributed by atoms with Crippen molar-refractivity contribution in [3.63, 3.8) is 0 Å². The predicted octanol–water partition coefficient (Wildman–Crippen LogP) is 0.362. The summed E-state index contributed by atoms with van der Waals surface area (Å²) in [5, 5.41) is 2.36. The maximum Gasteiger partial charge on any atom is -0.0303 e. The molecule has 1 unspecified atom stereocenters. The Balaban J connectivity index is 0.000000241. The Morgan fingerprint density at radius 3 is 1.50 bits per heavy atom. The van der Waals surface area contributed by atoms with Gasteiger partial charge in [0.25, 0.3) is 0 Å². The van der Waals surface area contributed by atoms with Gasteiger partial charge in [0.05, 0.1) is 0 Å². The number of carbonyl (C=O) groups excluding carboxylic acids is 3. The molecule has 3 nitrogen and oxygen atoms in total. The topological polar surface area (TPSA) is 51.2 Å². The first-order chi connectivity index (χ1) is 6.74. The molecular formula is C9H10FeO3P. The van der Waals surface area contributed by atoms with Crippen LogP contribution in [-0.2, 0) is 28.3 Å². The van der Waals surface area contributed by atoms with Gasteiger partial charge in [0, 0.05) is 0 Å². The Labute approximate surface area is 89.0 Å². The van der Waals surface area contributed by atoms with Gasteiger partial charge in [0.2, 0.25) is 0 Å². The van der Waals surface area contributed by atoms with E-state index in [2.05, 4.69) is 9.24 Å². The molecule has 0 radical (unpaired) electrons. The van der Waals surface area contributed by atoms with E-state index in [9.17, 15) is 14.4 Å². The van der Waals surface area contributed by atoms with Crippen LogP contribution in [0.4, 0.5) is 0 Å². The Bertz CT molecular complexity index is 270. The van der Waals surface area contributed by atoms with Crippen LogP contribution < -0.4 is 5.30 Å². The van der Waals surface area contributed by atoms with Crippen molar-refractivity contribution in [2.24, 2.45) is 0 Å². The first-order valence-electron chi connectivity index (χ1n) is 3.52.